The number of hydrogen-bond donors (Lipinski definition) is 0. The van der Waals surface area contributed by atoms with Crippen LogP contribution in [-0.2, 0) is 9.84 Å². The van der Waals surface area contributed by atoms with E-state index in [2.05, 4.69) is 0 Å². The molecule has 2 aromatic carbocycles. The summed E-state index contributed by atoms with van der Waals surface area (Å²) >= 11 is 0. The van der Waals surface area contributed by atoms with Gasteiger partial charge in [-0.25, -0.2) is 8.42 Å². The van der Waals surface area contributed by atoms with Gasteiger partial charge in [0.15, 0.2) is 9.84 Å². The van der Waals surface area contributed by atoms with Crippen molar-refractivity contribution < 1.29 is 8.42 Å². The molecule has 17 heavy (non-hydrogen) atoms. The van der Waals surface area contributed by atoms with E-state index in [-0.39, 0.29) is 0 Å². The number of aryl methyl sites for hydroxylation is 1. The lowest BCUT2D eigenvalue weighted by Gasteiger charge is -2.04. The summed E-state index contributed by atoms with van der Waals surface area (Å²) in [5, 5.41) is 0. The molecule has 88 valence electrons. The van der Waals surface area contributed by atoms with Crippen LogP contribution in [0, 0.1) is 6.92 Å². The second-order valence-corrected chi connectivity index (χ2v) is 6.18. The van der Waals surface area contributed by atoms with Crippen LogP contribution in [0.15, 0.2) is 53.4 Å². The second kappa shape index (κ2) is 4.34. The summed E-state index contributed by atoms with van der Waals surface area (Å²) in [6, 6.07) is 15.0. The van der Waals surface area contributed by atoms with Crippen molar-refractivity contribution in [3.63, 3.8) is 0 Å². The van der Waals surface area contributed by atoms with Crippen LogP contribution in [0.5, 0.6) is 0 Å². The fourth-order valence-electron chi connectivity index (χ4n) is 1.65. The van der Waals surface area contributed by atoms with Crippen LogP contribution in [0.3, 0.4) is 0 Å². The lowest BCUT2D eigenvalue weighted by Crippen LogP contribution is -1.96. The zero-order valence-electron chi connectivity index (χ0n) is 9.84. The minimum Gasteiger partial charge on any atom is -0.224 e. The van der Waals surface area contributed by atoms with Gasteiger partial charge in [0.05, 0.1) is 4.90 Å². The van der Waals surface area contributed by atoms with Gasteiger partial charge in [0.2, 0.25) is 0 Å². The predicted molar refractivity (Wildman–Crippen MR) is 69.7 cm³/mol. The first-order chi connectivity index (χ1) is 7.97. The van der Waals surface area contributed by atoms with Crippen LogP contribution < -0.4 is 0 Å². The highest BCUT2D eigenvalue weighted by atomic mass is 32.2. The van der Waals surface area contributed by atoms with Gasteiger partial charge < -0.3 is 0 Å². The normalized spacial score (nSPS) is 11.4. The molecule has 0 fully saturated rings. The first-order valence-electron chi connectivity index (χ1n) is 5.34. The Morgan fingerprint density at radius 1 is 0.882 bits per heavy atom. The zero-order chi connectivity index (χ0) is 12.5. The first kappa shape index (κ1) is 11.9. The van der Waals surface area contributed by atoms with Crippen LogP contribution in [-0.4, -0.2) is 14.7 Å². The quantitative estimate of drug-likeness (QED) is 0.816. The van der Waals surface area contributed by atoms with Crippen molar-refractivity contribution in [2.45, 2.75) is 11.8 Å². The van der Waals surface area contributed by atoms with E-state index in [0.29, 0.717) is 4.90 Å². The van der Waals surface area contributed by atoms with Gasteiger partial charge in [-0.3, -0.25) is 0 Å². The molecule has 2 rings (SSSR count). The molecule has 3 heteroatoms. The Kier molecular flexibility index (Phi) is 3.03. The second-order valence-electron chi connectivity index (χ2n) is 4.17. The minimum absolute atomic E-state index is 0.357. The van der Waals surface area contributed by atoms with Crippen molar-refractivity contribution in [3.05, 3.63) is 54.1 Å². The van der Waals surface area contributed by atoms with E-state index in [0.717, 1.165) is 11.1 Å². The molecule has 0 N–H and O–H groups in total. The molecule has 2 nitrogen and oxygen atoms in total. The molecular formula is C14H14O2S. The standard InChI is InChI=1S/C14H14O2S/c1-11-6-8-12(9-7-11)13-4-3-5-14(10-13)17(2,15)16/h3-10H,1-2H3. The lowest BCUT2D eigenvalue weighted by atomic mass is 10.0. The third-order valence-electron chi connectivity index (χ3n) is 2.65. The smallest absolute Gasteiger partial charge is 0.175 e. The number of hydrogen-bond acceptors (Lipinski definition) is 2. The predicted octanol–water partition coefficient (Wildman–Crippen LogP) is 3.07. The maximum absolute atomic E-state index is 11.5. The molecule has 0 spiro atoms. The van der Waals surface area contributed by atoms with Gasteiger partial charge in [-0.15, -0.1) is 0 Å². The van der Waals surface area contributed by atoms with Crippen LogP contribution in [0.1, 0.15) is 5.56 Å². The van der Waals surface area contributed by atoms with E-state index < -0.39 is 9.84 Å². The summed E-state index contributed by atoms with van der Waals surface area (Å²) in [5.74, 6) is 0. The van der Waals surface area contributed by atoms with Crippen LogP contribution >= 0.6 is 0 Å². The molecule has 2 aromatic rings. The van der Waals surface area contributed by atoms with E-state index in [1.165, 1.54) is 11.8 Å². The largest absolute Gasteiger partial charge is 0.224 e. The van der Waals surface area contributed by atoms with E-state index in [9.17, 15) is 8.42 Å². The molecule has 0 unspecified atom stereocenters. The van der Waals surface area contributed by atoms with Crippen molar-refractivity contribution in [3.8, 4) is 11.1 Å². The highest BCUT2D eigenvalue weighted by Gasteiger charge is 2.07. The third-order valence-corrected chi connectivity index (χ3v) is 3.76. The van der Waals surface area contributed by atoms with E-state index >= 15 is 0 Å². The number of benzene rings is 2. The lowest BCUT2D eigenvalue weighted by molar-refractivity contribution is 0.602. The van der Waals surface area contributed by atoms with Gasteiger partial charge in [0, 0.05) is 6.26 Å². The van der Waals surface area contributed by atoms with Crippen molar-refractivity contribution in [2.24, 2.45) is 0 Å². The van der Waals surface area contributed by atoms with Crippen LogP contribution in [0.25, 0.3) is 11.1 Å². The van der Waals surface area contributed by atoms with E-state index in [1.54, 1.807) is 18.2 Å². The zero-order valence-corrected chi connectivity index (χ0v) is 10.7. The van der Waals surface area contributed by atoms with Gasteiger partial charge in [-0.2, -0.15) is 0 Å². The van der Waals surface area contributed by atoms with Crippen molar-refractivity contribution >= 4 is 9.84 Å². The minimum atomic E-state index is -3.14. The van der Waals surface area contributed by atoms with Crippen molar-refractivity contribution in [1.82, 2.24) is 0 Å². The van der Waals surface area contributed by atoms with Gasteiger partial charge in [-0.05, 0) is 30.2 Å². The Morgan fingerprint density at radius 3 is 2.12 bits per heavy atom. The van der Waals surface area contributed by atoms with E-state index in [1.807, 2.05) is 37.3 Å². The molecular weight excluding hydrogens is 232 g/mol. The fraction of sp³-hybridized carbons (Fsp3) is 0.143. The van der Waals surface area contributed by atoms with Gasteiger partial charge in [0.25, 0.3) is 0 Å². The number of sulfone groups is 1. The Balaban J connectivity index is 2.50. The number of rotatable bonds is 2. The SMILES string of the molecule is Cc1ccc(-c2cccc(S(C)(=O)=O)c2)cc1. The van der Waals surface area contributed by atoms with Gasteiger partial charge in [-0.1, -0.05) is 42.0 Å². The maximum atomic E-state index is 11.5. The summed E-state index contributed by atoms with van der Waals surface area (Å²) in [5.41, 5.74) is 3.14. The summed E-state index contributed by atoms with van der Waals surface area (Å²) < 4.78 is 22.9. The van der Waals surface area contributed by atoms with Crippen molar-refractivity contribution in [1.29, 1.82) is 0 Å². The van der Waals surface area contributed by atoms with Gasteiger partial charge >= 0.3 is 0 Å². The molecule has 0 aliphatic carbocycles. The molecule has 0 aliphatic heterocycles. The molecule has 0 bridgehead atoms. The fourth-order valence-corrected chi connectivity index (χ4v) is 2.32. The molecule has 0 saturated heterocycles. The van der Waals surface area contributed by atoms with Gasteiger partial charge in [0.1, 0.15) is 0 Å². The molecule has 0 radical (unpaired) electrons. The maximum Gasteiger partial charge on any atom is 0.175 e. The molecule has 0 heterocycles. The van der Waals surface area contributed by atoms with Crippen molar-refractivity contribution in [2.75, 3.05) is 6.26 Å². The average molecular weight is 246 g/mol. The first-order valence-corrected chi connectivity index (χ1v) is 7.23. The molecule has 0 aromatic heterocycles. The average Bonchev–Trinajstić information content (AvgIpc) is 2.29. The third kappa shape index (κ3) is 2.74. The highest BCUT2D eigenvalue weighted by Crippen LogP contribution is 2.22. The Hall–Kier alpha value is -1.61. The Morgan fingerprint density at radius 2 is 1.53 bits per heavy atom. The van der Waals surface area contributed by atoms with E-state index in [4.69, 9.17) is 0 Å². The Labute approximate surface area is 102 Å². The molecule has 0 aliphatic rings. The molecule has 0 amide bonds. The summed E-state index contributed by atoms with van der Waals surface area (Å²) in [4.78, 5) is 0.357. The highest BCUT2D eigenvalue weighted by molar-refractivity contribution is 7.90. The molecule has 0 saturated carbocycles. The Bertz CT molecular complexity index is 626. The van der Waals surface area contributed by atoms with Crippen LogP contribution in [0.4, 0.5) is 0 Å². The summed E-state index contributed by atoms with van der Waals surface area (Å²) in [7, 11) is -3.14. The summed E-state index contributed by atoms with van der Waals surface area (Å²) in [6.07, 6.45) is 1.22. The monoisotopic (exact) mass is 246 g/mol. The molecule has 0 atom stereocenters. The summed E-state index contributed by atoms with van der Waals surface area (Å²) in [6.45, 7) is 2.02. The van der Waals surface area contributed by atoms with Crippen LogP contribution in [0.2, 0.25) is 0 Å². The topological polar surface area (TPSA) is 34.1 Å².